The van der Waals surface area contributed by atoms with Gasteiger partial charge in [0.2, 0.25) is 0 Å². The number of carbonyl (C=O) groups excluding carboxylic acids is 2. The summed E-state index contributed by atoms with van der Waals surface area (Å²) in [6.07, 6.45) is 1.16. The number of Topliss-reactive ketones (excluding diaryl/α,β-unsaturated/α-hetero) is 2. The van der Waals surface area contributed by atoms with Gasteiger partial charge in [-0.15, -0.1) is 0 Å². The molecule has 0 aromatic carbocycles. The van der Waals surface area contributed by atoms with Crippen molar-refractivity contribution < 1.29 is 39.1 Å². The van der Waals surface area contributed by atoms with E-state index >= 15 is 0 Å². The summed E-state index contributed by atoms with van der Waals surface area (Å²) in [7, 11) is 0. The molecule has 8 heavy (non-hydrogen) atoms. The van der Waals surface area contributed by atoms with Crippen LogP contribution in [0.2, 0.25) is 0 Å². The molecule has 0 aliphatic heterocycles. The number of hydrogen-bond donors (Lipinski definition) is 0. The van der Waals surface area contributed by atoms with E-state index in [1.165, 1.54) is 0 Å². The van der Waals surface area contributed by atoms with Gasteiger partial charge in [-0.3, -0.25) is 9.59 Å². The number of carbonyl (C=O) groups is 2. The third-order valence-corrected chi connectivity index (χ3v) is 1.08. The van der Waals surface area contributed by atoms with Crippen molar-refractivity contribution in [2.24, 2.45) is 0 Å². The Morgan fingerprint density at radius 1 is 1.00 bits per heavy atom. The second kappa shape index (κ2) is 3.38. The van der Waals surface area contributed by atoms with Crippen LogP contribution < -0.4 is 29.6 Å². The van der Waals surface area contributed by atoms with E-state index in [4.69, 9.17) is 0 Å². The van der Waals surface area contributed by atoms with Crippen molar-refractivity contribution in [3.63, 3.8) is 0 Å². The Kier molecular flexibility index (Phi) is 3.53. The molecule has 0 heterocycles. The molecule has 0 saturated heterocycles. The van der Waals surface area contributed by atoms with Gasteiger partial charge in [-0.25, -0.2) is 0 Å². The maximum absolute atomic E-state index is 10.2. The summed E-state index contributed by atoms with van der Waals surface area (Å²) in [6, 6.07) is 0. The molecular weight excluding hydrogens is 115 g/mol. The molecule has 1 rings (SSSR count). The first-order valence-electron chi connectivity index (χ1n) is 2.32. The summed E-state index contributed by atoms with van der Waals surface area (Å²) in [4.78, 5) is 20.5. The molecule has 0 radical (unpaired) electrons. The van der Waals surface area contributed by atoms with Crippen molar-refractivity contribution in [1.82, 2.24) is 0 Å². The maximum Gasteiger partial charge on any atom is 1.00 e. The fourth-order valence-electron chi connectivity index (χ4n) is 0.676. The molecule has 0 N–H and O–H groups in total. The van der Waals surface area contributed by atoms with E-state index in [0.717, 1.165) is 0 Å². The Morgan fingerprint density at radius 3 is 1.50 bits per heavy atom. The van der Waals surface area contributed by atoms with E-state index in [1.54, 1.807) is 0 Å². The smallest absolute Gasteiger partial charge is 0.299 e. The quantitative estimate of drug-likeness (QED) is 0.258. The predicted octanol–water partition coefficient (Wildman–Crippen LogP) is -2.69. The minimum Gasteiger partial charge on any atom is -0.299 e. The number of rotatable bonds is 0. The first-order chi connectivity index (χ1) is 3.29. The summed E-state index contributed by atoms with van der Waals surface area (Å²) in [5, 5.41) is 0. The van der Waals surface area contributed by atoms with E-state index < -0.39 is 0 Å². The van der Waals surface area contributed by atoms with E-state index in [2.05, 4.69) is 0 Å². The van der Waals surface area contributed by atoms with Crippen molar-refractivity contribution in [1.29, 1.82) is 0 Å². The monoisotopic (exact) mass is 121 g/mol. The van der Waals surface area contributed by atoms with Gasteiger partial charge < -0.3 is 0 Å². The topological polar surface area (TPSA) is 34.1 Å². The molecular formula is C5H6NaO2+. The van der Waals surface area contributed by atoms with Crippen LogP contribution in [0, 0.1) is 0 Å². The second-order valence-corrected chi connectivity index (χ2v) is 1.75. The molecule has 0 unspecified atom stereocenters. The Hall–Kier alpha value is 0.340. The zero-order valence-electron chi connectivity index (χ0n) is 4.94. The summed E-state index contributed by atoms with van der Waals surface area (Å²) >= 11 is 0. The molecule has 0 aromatic heterocycles. The van der Waals surface area contributed by atoms with Crippen LogP contribution in [0.25, 0.3) is 0 Å². The Balaban J connectivity index is 0.000000490. The van der Waals surface area contributed by atoms with Crippen molar-refractivity contribution in [2.45, 2.75) is 19.3 Å². The predicted molar refractivity (Wildman–Crippen MR) is 23.9 cm³/mol. The maximum atomic E-state index is 10.2. The molecule has 1 fully saturated rings. The summed E-state index contributed by atoms with van der Waals surface area (Å²) < 4.78 is 0. The second-order valence-electron chi connectivity index (χ2n) is 1.75. The Labute approximate surface area is 69.9 Å². The van der Waals surface area contributed by atoms with Gasteiger partial charge >= 0.3 is 29.6 Å². The van der Waals surface area contributed by atoms with Crippen LogP contribution in [0.5, 0.6) is 0 Å². The summed E-state index contributed by atoms with van der Waals surface area (Å²) in [5.41, 5.74) is 0. The van der Waals surface area contributed by atoms with Crippen molar-refractivity contribution in [3.05, 3.63) is 0 Å². The van der Waals surface area contributed by atoms with Gasteiger partial charge in [0, 0.05) is 12.8 Å². The molecule has 3 heteroatoms. The zero-order valence-corrected chi connectivity index (χ0v) is 6.94. The van der Waals surface area contributed by atoms with Gasteiger partial charge in [0.05, 0.1) is 6.42 Å². The third-order valence-electron chi connectivity index (χ3n) is 1.08. The minimum absolute atomic E-state index is 0. The molecule has 38 valence electrons. The largest absolute Gasteiger partial charge is 1.00 e. The van der Waals surface area contributed by atoms with Gasteiger partial charge in [0.25, 0.3) is 0 Å². The van der Waals surface area contributed by atoms with Crippen molar-refractivity contribution in [3.8, 4) is 0 Å². The van der Waals surface area contributed by atoms with Crippen LogP contribution in [-0.4, -0.2) is 11.6 Å². The Morgan fingerprint density at radius 2 is 1.38 bits per heavy atom. The fraction of sp³-hybridized carbons (Fsp3) is 0.600. The standard InChI is InChI=1S/C5H6O2.Na/c6-4-1-2-5(7)3-4;/h1-3H2;/q;+1. The van der Waals surface area contributed by atoms with Crippen LogP contribution in [0.1, 0.15) is 19.3 Å². The molecule has 1 saturated carbocycles. The normalized spacial score (nSPS) is 18.5. The third kappa shape index (κ3) is 2.07. The molecule has 0 amide bonds. The van der Waals surface area contributed by atoms with Crippen LogP contribution in [0.15, 0.2) is 0 Å². The first-order valence-corrected chi connectivity index (χ1v) is 2.32. The van der Waals surface area contributed by atoms with Gasteiger partial charge in [0.1, 0.15) is 11.6 Å². The van der Waals surface area contributed by atoms with Crippen molar-refractivity contribution >= 4 is 11.6 Å². The van der Waals surface area contributed by atoms with Gasteiger partial charge in [-0.1, -0.05) is 0 Å². The summed E-state index contributed by atoms with van der Waals surface area (Å²) in [6.45, 7) is 0. The summed E-state index contributed by atoms with van der Waals surface area (Å²) in [5.74, 6) is 0.204. The van der Waals surface area contributed by atoms with Crippen molar-refractivity contribution in [2.75, 3.05) is 0 Å². The molecule has 0 atom stereocenters. The van der Waals surface area contributed by atoms with E-state index in [0.29, 0.717) is 12.8 Å². The van der Waals surface area contributed by atoms with Crippen LogP contribution in [0.3, 0.4) is 0 Å². The molecule has 1 aliphatic rings. The molecule has 1 aliphatic carbocycles. The SMILES string of the molecule is O=C1CCC(=O)C1.[Na+]. The van der Waals surface area contributed by atoms with Crippen LogP contribution in [-0.2, 0) is 9.59 Å². The van der Waals surface area contributed by atoms with Crippen LogP contribution >= 0.6 is 0 Å². The molecule has 0 spiro atoms. The average Bonchev–Trinajstić information content (AvgIpc) is 1.87. The average molecular weight is 121 g/mol. The fourth-order valence-corrected chi connectivity index (χ4v) is 0.676. The van der Waals surface area contributed by atoms with E-state index in [1.807, 2.05) is 0 Å². The van der Waals surface area contributed by atoms with Gasteiger partial charge in [-0.2, -0.15) is 0 Å². The van der Waals surface area contributed by atoms with Gasteiger partial charge in [0.15, 0.2) is 0 Å². The van der Waals surface area contributed by atoms with E-state index in [9.17, 15) is 9.59 Å². The molecule has 2 nitrogen and oxygen atoms in total. The van der Waals surface area contributed by atoms with Gasteiger partial charge in [-0.05, 0) is 0 Å². The Bertz CT molecular complexity index is 106. The van der Waals surface area contributed by atoms with Crippen LogP contribution in [0.4, 0.5) is 0 Å². The zero-order chi connectivity index (χ0) is 5.28. The molecule has 0 aromatic rings. The number of ketones is 2. The first kappa shape index (κ1) is 8.34. The minimum atomic E-state index is 0. The number of hydrogen-bond acceptors (Lipinski definition) is 2. The molecule has 0 bridgehead atoms. The van der Waals surface area contributed by atoms with E-state index in [-0.39, 0.29) is 47.5 Å².